The average Bonchev–Trinajstić information content (AvgIpc) is 2.69. The molecule has 1 aromatic carbocycles. The molecule has 0 atom stereocenters. The lowest BCUT2D eigenvalue weighted by Crippen LogP contribution is -2.08. The first-order valence-corrected chi connectivity index (χ1v) is 5.62. The van der Waals surface area contributed by atoms with E-state index in [4.69, 9.17) is 4.42 Å². The molecule has 0 saturated heterocycles. The second-order valence-electron chi connectivity index (χ2n) is 4.39. The summed E-state index contributed by atoms with van der Waals surface area (Å²) in [5.74, 6) is 0.205. The average molecular weight is 232 g/mol. The van der Waals surface area contributed by atoms with Crippen LogP contribution in [-0.2, 0) is 11.2 Å². The zero-order valence-corrected chi connectivity index (χ0v) is 10.4. The van der Waals surface area contributed by atoms with E-state index < -0.39 is 0 Å². The molecule has 1 heterocycles. The number of nitrogens with zero attached hydrogens (tertiary/aromatic N) is 2. The monoisotopic (exact) mass is 232 g/mol. The van der Waals surface area contributed by atoms with E-state index in [2.05, 4.69) is 4.98 Å². The highest BCUT2D eigenvalue weighted by atomic mass is 16.4. The van der Waals surface area contributed by atoms with E-state index in [1.165, 1.54) is 0 Å². The van der Waals surface area contributed by atoms with Gasteiger partial charge in [-0.3, -0.25) is 0 Å². The summed E-state index contributed by atoms with van der Waals surface area (Å²) in [6.45, 7) is 1.61. The molecule has 4 nitrogen and oxygen atoms in total. The van der Waals surface area contributed by atoms with E-state index in [0.717, 1.165) is 23.1 Å². The molecule has 1 aromatic heterocycles. The van der Waals surface area contributed by atoms with Crippen molar-refractivity contribution in [2.24, 2.45) is 0 Å². The fraction of sp³-hybridized carbons (Fsp3) is 0.385. The van der Waals surface area contributed by atoms with Crippen molar-refractivity contribution in [1.82, 2.24) is 4.98 Å². The molecular weight excluding hydrogens is 216 g/mol. The topological polar surface area (TPSA) is 46.3 Å². The summed E-state index contributed by atoms with van der Waals surface area (Å²) in [6, 6.07) is 6.48. The Morgan fingerprint density at radius 1 is 1.41 bits per heavy atom. The van der Waals surface area contributed by atoms with Crippen LogP contribution < -0.4 is 4.90 Å². The van der Waals surface area contributed by atoms with E-state index in [9.17, 15) is 4.79 Å². The number of anilines is 1. The predicted octanol–water partition coefficient (Wildman–Crippen LogP) is 2.42. The zero-order chi connectivity index (χ0) is 12.4. The van der Waals surface area contributed by atoms with Gasteiger partial charge in [-0.05, 0) is 31.0 Å². The van der Waals surface area contributed by atoms with Gasteiger partial charge in [-0.25, -0.2) is 0 Å². The van der Waals surface area contributed by atoms with Crippen molar-refractivity contribution in [3.8, 4) is 0 Å². The molecule has 4 heteroatoms. The number of carbonyl (C=O) groups excluding carboxylic acids is 1. The van der Waals surface area contributed by atoms with Gasteiger partial charge in [0, 0.05) is 20.5 Å². The van der Waals surface area contributed by atoms with Crippen LogP contribution >= 0.6 is 0 Å². The predicted molar refractivity (Wildman–Crippen MR) is 67.3 cm³/mol. The van der Waals surface area contributed by atoms with Crippen molar-refractivity contribution in [3.05, 3.63) is 23.8 Å². The molecular formula is C13H16N2O2. The highest BCUT2D eigenvalue weighted by molar-refractivity contribution is 5.77. The van der Waals surface area contributed by atoms with Crippen LogP contribution in [0.3, 0.4) is 0 Å². The molecule has 0 aliphatic heterocycles. The van der Waals surface area contributed by atoms with Crippen LogP contribution in [0.15, 0.2) is 22.6 Å². The molecule has 0 bridgehead atoms. The van der Waals surface area contributed by atoms with Crippen molar-refractivity contribution in [2.45, 2.75) is 19.8 Å². The summed E-state index contributed by atoms with van der Waals surface area (Å²) in [5, 5.41) is 0. The third-order valence-electron chi connectivity index (χ3n) is 2.59. The van der Waals surface area contributed by atoms with Crippen molar-refractivity contribution in [3.63, 3.8) is 0 Å². The summed E-state index contributed by atoms with van der Waals surface area (Å²) in [7, 11) is 3.78. The van der Waals surface area contributed by atoms with Gasteiger partial charge in [-0.2, -0.15) is 4.98 Å². The number of benzene rings is 1. The Bertz CT molecular complexity index is 543. The maximum atomic E-state index is 10.9. The molecule has 0 amide bonds. The van der Waals surface area contributed by atoms with Gasteiger partial charge in [0.25, 0.3) is 6.01 Å². The van der Waals surface area contributed by atoms with Gasteiger partial charge >= 0.3 is 0 Å². The highest BCUT2D eigenvalue weighted by Gasteiger charge is 2.08. The van der Waals surface area contributed by atoms with Crippen LogP contribution in [0.2, 0.25) is 0 Å². The van der Waals surface area contributed by atoms with E-state index in [1.807, 2.05) is 37.2 Å². The normalized spacial score (nSPS) is 10.8. The molecule has 0 radical (unpaired) electrons. The van der Waals surface area contributed by atoms with Gasteiger partial charge in [0.1, 0.15) is 11.3 Å². The molecule has 90 valence electrons. The SMILES string of the molecule is CC(=O)CCc1ccc2nc(N(C)C)oc2c1. The van der Waals surface area contributed by atoms with E-state index in [-0.39, 0.29) is 5.78 Å². The zero-order valence-electron chi connectivity index (χ0n) is 10.4. The Kier molecular flexibility index (Phi) is 3.13. The molecule has 0 N–H and O–H groups in total. The smallest absolute Gasteiger partial charge is 0.297 e. The van der Waals surface area contributed by atoms with E-state index in [0.29, 0.717) is 12.4 Å². The largest absolute Gasteiger partial charge is 0.423 e. The minimum Gasteiger partial charge on any atom is -0.423 e. The van der Waals surface area contributed by atoms with Crippen LogP contribution in [0.1, 0.15) is 18.9 Å². The molecule has 0 spiro atoms. The number of hydrogen-bond acceptors (Lipinski definition) is 4. The quantitative estimate of drug-likeness (QED) is 0.812. The summed E-state index contributed by atoms with van der Waals surface area (Å²) in [6.07, 6.45) is 1.32. The van der Waals surface area contributed by atoms with Gasteiger partial charge in [-0.1, -0.05) is 6.07 Å². The number of aromatic nitrogens is 1. The number of rotatable bonds is 4. The minimum atomic E-state index is 0.205. The first-order valence-electron chi connectivity index (χ1n) is 5.62. The first-order chi connectivity index (χ1) is 8.06. The molecule has 0 fully saturated rings. The summed E-state index contributed by atoms with van der Waals surface area (Å²) >= 11 is 0. The van der Waals surface area contributed by atoms with E-state index in [1.54, 1.807) is 6.92 Å². The summed E-state index contributed by atoms with van der Waals surface area (Å²) in [5.41, 5.74) is 2.73. The Balaban J connectivity index is 2.27. The third-order valence-corrected chi connectivity index (χ3v) is 2.59. The Hall–Kier alpha value is -1.84. The van der Waals surface area contributed by atoms with E-state index >= 15 is 0 Å². The Labute approximate surface area is 100 Å². The Morgan fingerprint density at radius 2 is 2.18 bits per heavy atom. The molecule has 17 heavy (non-hydrogen) atoms. The summed E-state index contributed by atoms with van der Waals surface area (Å²) < 4.78 is 5.61. The fourth-order valence-corrected chi connectivity index (χ4v) is 1.62. The molecule has 0 aliphatic carbocycles. The first kappa shape index (κ1) is 11.6. The molecule has 0 aliphatic rings. The van der Waals surface area contributed by atoms with Crippen LogP contribution in [0.5, 0.6) is 0 Å². The van der Waals surface area contributed by atoms with Crippen molar-refractivity contribution >= 4 is 22.9 Å². The maximum absolute atomic E-state index is 10.9. The Morgan fingerprint density at radius 3 is 2.82 bits per heavy atom. The van der Waals surface area contributed by atoms with Crippen molar-refractivity contribution in [2.75, 3.05) is 19.0 Å². The molecule has 0 unspecified atom stereocenters. The summed E-state index contributed by atoms with van der Waals surface area (Å²) in [4.78, 5) is 17.1. The number of oxazole rings is 1. The number of fused-ring (bicyclic) bond motifs is 1. The molecule has 2 aromatic rings. The number of ketones is 1. The lowest BCUT2D eigenvalue weighted by Gasteiger charge is -2.03. The van der Waals surface area contributed by atoms with Crippen molar-refractivity contribution in [1.29, 1.82) is 0 Å². The van der Waals surface area contributed by atoms with Gasteiger partial charge in [0.2, 0.25) is 0 Å². The number of carbonyl (C=O) groups is 1. The van der Waals surface area contributed by atoms with Gasteiger partial charge in [0.15, 0.2) is 5.58 Å². The van der Waals surface area contributed by atoms with Crippen LogP contribution in [0.4, 0.5) is 6.01 Å². The van der Waals surface area contributed by atoms with Crippen LogP contribution in [0.25, 0.3) is 11.1 Å². The third kappa shape index (κ3) is 2.64. The lowest BCUT2D eigenvalue weighted by atomic mass is 10.1. The van der Waals surface area contributed by atoms with Crippen LogP contribution in [-0.4, -0.2) is 24.9 Å². The van der Waals surface area contributed by atoms with Gasteiger partial charge < -0.3 is 14.1 Å². The second kappa shape index (κ2) is 4.57. The van der Waals surface area contributed by atoms with Crippen molar-refractivity contribution < 1.29 is 9.21 Å². The number of hydrogen-bond donors (Lipinski definition) is 0. The molecule has 0 saturated carbocycles. The lowest BCUT2D eigenvalue weighted by molar-refractivity contribution is -0.116. The van der Waals surface area contributed by atoms with Crippen LogP contribution in [0, 0.1) is 0 Å². The molecule has 2 rings (SSSR count). The maximum Gasteiger partial charge on any atom is 0.297 e. The standard InChI is InChI=1S/C13H16N2O2/c1-9(16)4-5-10-6-7-11-12(8-10)17-13(14-11)15(2)3/h6-8H,4-5H2,1-3H3. The number of aryl methyl sites for hydroxylation is 1. The second-order valence-corrected chi connectivity index (χ2v) is 4.39. The van der Waals surface area contributed by atoms with Gasteiger partial charge in [0.05, 0.1) is 0 Å². The van der Waals surface area contributed by atoms with Gasteiger partial charge in [-0.15, -0.1) is 0 Å². The number of Topliss-reactive ketones (excluding diaryl/α,β-unsaturated/α-hetero) is 1. The highest BCUT2D eigenvalue weighted by Crippen LogP contribution is 2.22. The minimum absolute atomic E-state index is 0.205. The fourth-order valence-electron chi connectivity index (χ4n) is 1.62.